The van der Waals surface area contributed by atoms with Crippen LogP contribution in [0, 0.1) is 0 Å². The van der Waals surface area contributed by atoms with Gasteiger partial charge in [-0.25, -0.2) is 4.79 Å². The highest BCUT2D eigenvalue weighted by Gasteiger charge is 2.28. The monoisotopic (exact) mass is 380 g/mol. The number of primary amides is 1. The number of carboxylic acids is 1. The minimum atomic E-state index is -1.26. The van der Waals surface area contributed by atoms with Crippen LogP contribution in [0.3, 0.4) is 0 Å². The lowest BCUT2D eigenvalue weighted by Gasteiger charge is -2.22. The molecule has 0 spiro atoms. The number of carbonyl (C=O) groups is 4. The highest BCUT2D eigenvalue weighted by atomic mass is 16.4. The van der Waals surface area contributed by atoms with Crippen LogP contribution in [0.2, 0.25) is 0 Å². The van der Waals surface area contributed by atoms with Crippen LogP contribution in [-0.2, 0) is 25.6 Å². The van der Waals surface area contributed by atoms with Crippen molar-refractivity contribution in [3.05, 3.63) is 35.9 Å². The number of benzene rings is 1. The maximum absolute atomic E-state index is 12.5. The minimum absolute atomic E-state index is 0.0363. The van der Waals surface area contributed by atoms with Crippen LogP contribution in [0.1, 0.15) is 18.4 Å². The molecule has 0 aromatic heterocycles. The van der Waals surface area contributed by atoms with E-state index in [0.29, 0.717) is 5.56 Å². The molecule has 3 atom stereocenters. The zero-order valence-electron chi connectivity index (χ0n) is 14.6. The molecule has 8 N–H and O–H groups in total. The lowest BCUT2D eigenvalue weighted by Crippen LogP contribution is -2.55. The molecule has 0 fully saturated rings. The molecule has 10 nitrogen and oxygen atoms in total. The van der Waals surface area contributed by atoms with E-state index >= 15 is 0 Å². The number of aliphatic hydroxyl groups is 1. The molecule has 10 heteroatoms. The number of rotatable bonds is 11. The van der Waals surface area contributed by atoms with Crippen molar-refractivity contribution >= 4 is 23.7 Å². The third kappa shape index (κ3) is 7.84. The minimum Gasteiger partial charge on any atom is -0.480 e. The van der Waals surface area contributed by atoms with Gasteiger partial charge in [-0.15, -0.1) is 0 Å². The zero-order valence-corrected chi connectivity index (χ0v) is 14.6. The first-order valence-corrected chi connectivity index (χ1v) is 8.26. The number of hydrogen-bond donors (Lipinski definition) is 6. The zero-order chi connectivity index (χ0) is 20.4. The summed E-state index contributed by atoms with van der Waals surface area (Å²) in [4.78, 5) is 46.8. The standard InChI is InChI=1S/C17H24N4O6/c18-11(9-22)15(24)20-12(6-7-14(19)23)16(25)21-13(17(26)27)8-10-4-2-1-3-5-10/h1-5,11-13,22H,6-9,18H2,(H2,19,23)(H,20,24)(H,21,25)(H,26,27). The number of nitrogens with one attached hydrogen (secondary N) is 2. The molecular formula is C17H24N4O6. The van der Waals surface area contributed by atoms with Crippen molar-refractivity contribution in [3.8, 4) is 0 Å². The van der Waals surface area contributed by atoms with Crippen LogP contribution in [0.25, 0.3) is 0 Å². The summed E-state index contributed by atoms with van der Waals surface area (Å²) in [6, 6.07) is 4.97. The highest BCUT2D eigenvalue weighted by molar-refractivity contribution is 5.92. The molecule has 0 aliphatic heterocycles. The highest BCUT2D eigenvalue weighted by Crippen LogP contribution is 2.05. The van der Waals surface area contributed by atoms with Crippen molar-refractivity contribution in [1.29, 1.82) is 0 Å². The van der Waals surface area contributed by atoms with Gasteiger partial charge < -0.3 is 32.3 Å². The lowest BCUT2D eigenvalue weighted by atomic mass is 10.0. The SMILES string of the molecule is NC(=O)CCC(NC(=O)C(N)CO)C(=O)NC(Cc1ccccc1)C(=O)O. The summed E-state index contributed by atoms with van der Waals surface area (Å²) in [7, 11) is 0. The van der Waals surface area contributed by atoms with Crippen LogP contribution in [0.4, 0.5) is 0 Å². The summed E-state index contributed by atoms with van der Waals surface area (Å²) in [6.07, 6.45) is -0.305. The molecule has 148 valence electrons. The number of hydrogen-bond acceptors (Lipinski definition) is 6. The Morgan fingerprint density at radius 3 is 2.11 bits per heavy atom. The van der Waals surface area contributed by atoms with Gasteiger partial charge in [-0.2, -0.15) is 0 Å². The Balaban J connectivity index is 2.85. The van der Waals surface area contributed by atoms with Gasteiger partial charge in [-0.05, 0) is 12.0 Å². The Hall–Kier alpha value is -2.98. The topological polar surface area (TPSA) is 185 Å². The van der Waals surface area contributed by atoms with Gasteiger partial charge in [0.05, 0.1) is 6.61 Å². The molecule has 1 aromatic rings. The largest absolute Gasteiger partial charge is 0.480 e. The smallest absolute Gasteiger partial charge is 0.326 e. The maximum Gasteiger partial charge on any atom is 0.326 e. The second-order valence-corrected chi connectivity index (χ2v) is 5.94. The van der Waals surface area contributed by atoms with Crippen LogP contribution in [0.15, 0.2) is 30.3 Å². The summed E-state index contributed by atoms with van der Waals surface area (Å²) >= 11 is 0. The molecule has 3 unspecified atom stereocenters. The molecule has 0 heterocycles. The molecule has 3 amide bonds. The van der Waals surface area contributed by atoms with E-state index in [1.165, 1.54) is 0 Å². The van der Waals surface area contributed by atoms with Gasteiger partial charge in [0.25, 0.3) is 0 Å². The summed E-state index contributed by atoms with van der Waals surface area (Å²) in [5, 5.41) is 22.9. The first-order valence-electron chi connectivity index (χ1n) is 8.26. The van der Waals surface area contributed by atoms with Gasteiger partial charge in [0.15, 0.2) is 0 Å². The fraction of sp³-hybridized carbons (Fsp3) is 0.412. The van der Waals surface area contributed by atoms with E-state index in [9.17, 15) is 24.3 Å². The first-order chi connectivity index (χ1) is 12.7. The number of nitrogens with two attached hydrogens (primary N) is 2. The molecule has 0 aliphatic carbocycles. The van der Waals surface area contributed by atoms with Crippen molar-refractivity contribution in [3.63, 3.8) is 0 Å². The quantitative estimate of drug-likeness (QED) is 0.253. The number of aliphatic hydroxyl groups excluding tert-OH is 1. The average Bonchev–Trinajstić information content (AvgIpc) is 2.64. The van der Waals surface area contributed by atoms with E-state index in [4.69, 9.17) is 16.6 Å². The van der Waals surface area contributed by atoms with Crippen LogP contribution < -0.4 is 22.1 Å². The Morgan fingerprint density at radius 2 is 1.59 bits per heavy atom. The summed E-state index contributed by atoms with van der Waals surface area (Å²) in [5.41, 5.74) is 11.2. The van der Waals surface area contributed by atoms with E-state index in [1.54, 1.807) is 30.3 Å². The Bertz CT molecular complexity index is 667. The van der Waals surface area contributed by atoms with Gasteiger partial charge in [-0.1, -0.05) is 30.3 Å². The van der Waals surface area contributed by atoms with E-state index in [-0.39, 0.29) is 19.3 Å². The van der Waals surface area contributed by atoms with Crippen molar-refractivity contribution in [1.82, 2.24) is 10.6 Å². The van der Waals surface area contributed by atoms with Crippen molar-refractivity contribution in [2.75, 3.05) is 6.61 Å². The fourth-order valence-electron chi connectivity index (χ4n) is 2.24. The van der Waals surface area contributed by atoms with E-state index in [2.05, 4.69) is 10.6 Å². The van der Waals surface area contributed by atoms with Crippen LogP contribution >= 0.6 is 0 Å². The third-order valence-electron chi connectivity index (χ3n) is 3.74. The number of amides is 3. The van der Waals surface area contributed by atoms with Gasteiger partial charge in [0.1, 0.15) is 18.1 Å². The second kappa shape index (κ2) is 10.9. The van der Waals surface area contributed by atoms with E-state index in [1.807, 2.05) is 0 Å². The van der Waals surface area contributed by atoms with Gasteiger partial charge >= 0.3 is 5.97 Å². The first kappa shape index (κ1) is 22.1. The normalized spacial score (nSPS) is 13.9. The lowest BCUT2D eigenvalue weighted by molar-refractivity contribution is -0.142. The second-order valence-electron chi connectivity index (χ2n) is 5.94. The van der Waals surface area contributed by atoms with Gasteiger partial charge in [0, 0.05) is 12.8 Å². The van der Waals surface area contributed by atoms with Crippen molar-refractivity contribution in [2.45, 2.75) is 37.4 Å². The van der Waals surface area contributed by atoms with Gasteiger partial charge in [0.2, 0.25) is 17.7 Å². The maximum atomic E-state index is 12.5. The fourth-order valence-corrected chi connectivity index (χ4v) is 2.24. The Morgan fingerprint density at radius 1 is 1.00 bits per heavy atom. The molecule has 1 aromatic carbocycles. The van der Waals surface area contributed by atoms with Gasteiger partial charge in [-0.3, -0.25) is 14.4 Å². The number of aliphatic carboxylic acids is 1. The summed E-state index contributed by atoms with van der Waals surface area (Å²) < 4.78 is 0. The summed E-state index contributed by atoms with van der Waals surface area (Å²) in [5.74, 6) is -3.54. The third-order valence-corrected chi connectivity index (χ3v) is 3.74. The molecule has 27 heavy (non-hydrogen) atoms. The van der Waals surface area contributed by atoms with Crippen molar-refractivity contribution < 1.29 is 29.4 Å². The van der Waals surface area contributed by atoms with Crippen molar-refractivity contribution in [2.24, 2.45) is 11.5 Å². The Labute approximate surface area is 155 Å². The number of carboxylic acid groups (broad SMARTS) is 1. The van der Waals surface area contributed by atoms with Crippen LogP contribution in [0.5, 0.6) is 0 Å². The predicted octanol–water partition coefficient (Wildman–Crippen LogP) is -2.13. The molecule has 0 saturated heterocycles. The van der Waals surface area contributed by atoms with E-state index in [0.717, 1.165) is 0 Å². The average molecular weight is 380 g/mol. The molecule has 0 bridgehead atoms. The summed E-state index contributed by atoms with van der Waals surface area (Å²) in [6.45, 7) is -0.637. The molecule has 0 radical (unpaired) electrons. The molecular weight excluding hydrogens is 356 g/mol. The number of carbonyl (C=O) groups excluding carboxylic acids is 3. The predicted molar refractivity (Wildman–Crippen MR) is 95.1 cm³/mol. The van der Waals surface area contributed by atoms with Crippen LogP contribution in [-0.4, -0.2) is 58.6 Å². The molecule has 0 saturated carbocycles. The molecule has 0 aliphatic rings. The molecule has 1 rings (SSSR count). The van der Waals surface area contributed by atoms with E-state index < -0.39 is 48.4 Å². The Kier molecular flexibility index (Phi) is 8.90.